The summed E-state index contributed by atoms with van der Waals surface area (Å²) in [5, 5.41) is 110. The Labute approximate surface area is 217 Å². The normalized spacial score (nSPS) is 58.1. The first-order chi connectivity index (χ1) is 17.2. The summed E-state index contributed by atoms with van der Waals surface area (Å²) in [6.45, 7) is 2.28. The summed E-state index contributed by atoms with van der Waals surface area (Å²) in [6.07, 6.45) is -4.56. The van der Waals surface area contributed by atoms with Crippen molar-refractivity contribution in [2.24, 2.45) is 41.4 Å². The van der Waals surface area contributed by atoms with E-state index in [2.05, 4.69) is 6.92 Å². The van der Waals surface area contributed by atoms with E-state index in [0.717, 1.165) is 19.3 Å². The lowest BCUT2D eigenvalue weighted by atomic mass is 9.45. The molecule has 5 aliphatic carbocycles. The van der Waals surface area contributed by atoms with Gasteiger partial charge in [0, 0.05) is 24.7 Å². The van der Waals surface area contributed by atoms with Crippen molar-refractivity contribution < 1.29 is 51.1 Å². The summed E-state index contributed by atoms with van der Waals surface area (Å²) in [5.74, 6) is -2.54. The highest BCUT2D eigenvalue weighted by atomic mass is 16.5. The van der Waals surface area contributed by atoms with Crippen LogP contribution in [0.25, 0.3) is 0 Å². The highest BCUT2D eigenvalue weighted by Crippen LogP contribution is 2.61. The zero-order valence-electron chi connectivity index (χ0n) is 21.5. The van der Waals surface area contributed by atoms with Crippen LogP contribution in [-0.2, 0) is 0 Å². The fourth-order valence-electron chi connectivity index (χ4n) is 9.61. The van der Waals surface area contributed by atoms with Crippen molar-refractivity contribution in [3.63, 3.8) is 0 Å². The Hall–Kier alpha value is -0.400. The summed E-state index contributed by atoms with van der Waals surface area (Å²) in [6, 6.07) is 0. The number of hydrogen-bond acceptors (Lipinski definition) is 10. The van der Waals surface area contributed by atoms with Crippen molar-refractivity contribution >= 4 is 0 Å². The monoisotopic (exact) mass is 530 g/mol. The zero-order chi connectivity index (χ0) is 27.1. The van der Waals surface area contributed by atoms with Crippen molar-refractivity contribution in [2.75, 3.05) is 0 Å². The van der Waals surface area contributed by atoms with Crippen LogP contribution in [0.4, 0.5) is 0 Å². The number of aliphatic hydroxyl groups is 10. The Morgan fingerprint density at radius 1 is 0.784 bits per heavy atom. The van der Waals surface area contributed by atoms with Gasteiger partial charge in [0.05, 0.1) is 42.0 Å². The van der Waals surface area contributed by atoms with Crippen molar-refractivity contribution in [1.82, 2.24) is 0 Å². The molecule has 0 aromatic rings. The van der Waals surface area contributed by atoms with Crippen LogP contribution in [-0.4, -0.2) is 105 Å². The molecule has 0 aromatic carbocycles. The molecule has 5 aliphatic rings. The molecule has 0 saturated heterocycles. The van der Waals surface area contributed by atoms with Gasteiger partial charge >= 0.3 is 0 Å². The molecule has 10 N–H and O–H groups in total. The van der Waals surface area contributed by atoms with Gasteiger partial charge in [0.2, 0.25) is 0 Å². The fourth-order valence-corrected chi connectivity index (χ4v) is 9.61. The third-order valence-corrected chi connectivity index (χ3v) is 11.6. The van der Waals surface area contributed by atoms with Crippen LogP contribution in [0.5, 0.6) is 0 Å². The SMILES string of the molecule is CC1CCCC1CCC1CCC(O)C2C(O)C3C(O)C4(O)C(O)C(C(O)O)C(O)CC4(O)CC3(O)CC12. The molecule has 214 valence electrons. The molecule has 0 aromatic heterocycles. The fraction of sp³-hybridized carbons (Fsp3) is 1.00. The summed E-state index contributed by atoms with van der Waals surface area (Å²) in [5.41, 5.74) is -6.93. The smallest absolute Gasteiger partial charge is 0.159 e. The molecule has 0 amide bonds. The van der Waals surface area contributed by atoms with Crippen LogP contribution >= 0.6 is 0 Å². The topological polar surface area (TPSA) is 202 Å². The van der Waals surface area contributed by atoms with E-state index in [9.17, 15) is 51.1 Å². The predicted molar refractivity (Wildman–Crippen MR) is 129 cm³/mol. The van der Waals surface area contributed by atoms with E-state index in [-0.39, 0.29) is 18.3 Å². The van der Waals surface area contributed by atoms with Crippen LogP contribution in [0, 0.1) is 41.4 Å². The Morgan fingerprint density at radius 2 is 1.46 bits per heavy atom. The van der Waals surface area contributed by atoms with Crippen LogP contribution in [0.3, 0.4) is 0 Å². The van der Waals surface area contributed by atoms with Crippen molar-refractivity contribution in [3.05, 3.63) is 0 Å². The molecular formula is C27H46O10. The van der Waals surface area contributed by atoms with E-state index in [1.807, 2.05) is 0 Å². The summed E-state index contributed by atoms with van der Waals surface area (Å²) < 4.78 is 0. The van der Waals surface area contributed by atoms with Gasteiger partial charge in [-0.1, -0.05) is 26.2 Å². The Kier molecular flexibility index (Phi) is 7.31. The molecule has 15 atom stereocenters. The molecule has 0 spiro atoms. The van der Waals surface area contributed by atoms with E-state index in [1.54, 1.807) is 0 Å². The van der Waals surface area contributed by atoms with Crippen LogP contribution in [0.1, 0.15) is 71.1 Å². The maximum Gasteiger partial charge on any atom is 0.159 e. The summed E-state index contributed by atoms with van der Waals surface area (Å²) in [7, 11) is 0. The van der Waals surface area contributed by atoms with Crippen molar-refractivity contribution in [2.45, 2.75) is 125 Å². The molecule has 15 unspecified atom stereocenters. The first-order valence-corrected chi connectivity index (χ1v) is 14.2. The van der Waals surface area contributed by atoms with Gasteiger partial charge in [0.1, 0.15) is 11.2 Å². The Bertz CT molecular complexity index is 842. The van der Waals surface area contributed by atoms with E-state index < -0.39 is 84.2 Å². The molecule has 10 heteroatoms. The average molecular weight is 531 g/mol. The molecule has 0 bridgehead atoms. The first-order valence-electron chi connectivity index (χ1n) is 14.2. The highest BCUT2D eigenvalue weighted by Gasteiger charge is 2.76. The van der Waals surface area contributed by atoms with Gasteiger partial charge in [-0.25, -0.2) is 0 Å². The largest absolute Gasteiger partial charge is 0.393 e. The summed E-state index contributed by atoms with van der Waals surface area (Å²) in [4.78, 5) is 0. The van der Waals surface area contributed by atoms with E-state index in [4.69, 9.17) is 0 Å². The lowest BCUT2D eigenvalue weighted by molar-refractivity contribution is -0.372. The lowest BCUT2D eigenvalue weighted by Crippen LogP contribution is -2.83. The number of aliphatic hydroxyl groups excluding tert-OH is 6. The molecule has 0 aliphatic heterocycles. The van der Waals surface area contributed by atoms with E-state index in [0.29, 0.717) is 18.3 Å². The number of rotatable bonds is 4. The maximum atomic E-state index is 11.9. The minimum atomic E-state index is -2.75. The minimum Gasteiger partial charge on any atom is -0.393 e. The highest BCUT2D eigenvalue weighted by molar-refractivity contribution is 5.26. The second-order valence-corrected chi connectivity index (χ2v) is 13.4. The molecule has 10 nitrogen and oxygen atoms in total. The van der Waals surface area contributed by atoms with Crippen LogP contribution in [0.2, 0.25) is 0 Å². The first kappa shape index (κ1) is 28.1. The zero-order valence-corrected chi connectivity index (χ0v) is 21.5. The van der Waals surface area contributed by atoms with Gasteiger partial charge in [-0.3, -0.25) is 0 Å². The third kappa shape index (κ3) is 4.13. The van der Waals surface area contributed by atoms with Crippen molar-refractivity contribution in [1.29, 1.82) is 0 Å². The minimum absolute atomic E-state index is 0.0923. The molecule has 5 saturated carbocycles. The van der Waals surface area contributed by atoms with Gasteiger partial charge in [-0.05, 0) is 55.8 Å². The van der Waals surface area contributed by atoms with Gasteiger partial charge in [0.25, 0.3) is 0 Å². The maximum absolute atomic E-state index is 11.9. The van der Waals surface area contributed by atoms with Gasteiger partial charge in [0.15, 0.2) is 6.29 Å². The number of fused-ring (bicyclic) bond motifs is 3. The van der Waals surface area contributed by atoms with Crippen molar-refractivity contribution in [3.8, 4) is 0 Å². The average Bonchev–Trinajstić information content (AvgIpc) is 3.20. The summed E-state index contributed by atoms with van der Waals surface area (Å²) >= 11 is 0. The molecule has 5 rings (SSSR count). The van der Waals surface area contributed by atoms with Gasteiger partial charge in [-0.2, -0.15) is 0 Å². The van der Waals surface area contributed by atoms with Crippen LogP contribution < -0.4 is 0 Å². The van der Waals surface area contributed by atoms with Crippen LogP contribution in [0.15, 0.2) is 0 Å². The predicted octanol–water partition coefficient (Wildman–Crippen LogP) is -1.40. The Balaban J connectivity index is 1.45. The van der Waals surface area contributed by atoms with E-state index >= 15 is 0 Å². The molecule has 37 heavy (non-hydrogen) atoms. The van der Waals surface area contributed by atoms with E-state index in [1.165, 1.54) is 19.3 Å². The molecule has 5 fully saturated rings. The number of hydrogen-bond donors (Lipinski definition) is 10. The second-order valence-electron chi connectivity index (χ2n) is 13.4. The lowest BCUT2D eigenvalue weighted by Gasteiger charge is -2.67. The molecular weight excluding hydrogens is 484 g/mol. The standard InChI is InChI=1S/C27H46O10/c1-12-3-2-4-13(12)5-6-14-7-8-16(28)18-15(14)9-25(35)11-26(36)10-17(29)19(24(33)34)22(31)27(26,37)23(32)20(25)21(18)30/h12-24,28-37H,2-11H2,1H3. The third-order valence-electron chi connectivity index (χ3n) is 11.6. The molecule has 0 radical (unpaired) electrons. The van der Waals surface area contributed by atoms with Gasteiger partial charge in [-0.15, -0.1) is 0 Å². The van der Waals surface area contributed by atoms with Gasteiger partial charge < -0.3 is 51.1 Å². The Morgan fingerprint density at radius 3 is 2.08 bits per heavy atom. The molecule has 0 heterocycles. The second kappa shape index (κ2) is 9.61. The quantitative estimate of drug-likeness (QED) is 0.193.